The van der Waals surface area contributed by atoms with Crippen molar-refractivity contribution in [3.8, 4) is 5.75 Å². The van der Waals surface area contributed by atoms with Crippen molar-refractivity contribution < 1.29 is 19.1 Å². The normalized spacial score (nSPS) is 11.1. The van der Waals surface area contributed by atoms with Crippen LogP contribution in [0.25, 0.3) is 0 Å². The third kappa shape index (κ3) is 7.01. The monoisotopic (exact) mass is 417 g/mol. The fraction of sp³-hybridized carbons (Fsp3) is 0.125. The van der Waals surface area contributed by atoms with E-state index in [-0.39, 0.29) is 13.0 Å². The molecule has 0 bridgehead atoms. The molecule has 1 atom stereocenters. The molecule has 0 fully saturated rings. The molecule has 0 saturated carbocycles. The molecule has 3 rings (SSSR count). The van der Waals surface area contributed by atoms with Crippen molar-refractivity contribution in [2.75, 3.05) is 6.61 Å². The Labute approximate surface area is 180 Å². The van der Waals surface area contributed by atoms with Gasteiger partial charge in [-0.25, -0.2) is 0 Å². The number of hydrogen-bond donors (Lipinski definition) is 3. The topological polar surface area (TPSA) is 96.5 Å². The number of hydrazine groups is 1. The summed E-state index contributed by atoms with van der Waals surface area (Å²) in [6, 6.07) is 25.8. The van der Waals surface area contributed by atoms with E-state index in [1.54, 1.807) is 54.6 Å². The number of carbonyl (C=O) groups excluding carboxylic acids is 3. The van der Waals surface area contributed by atoms with Crippen molar-refractivity contribution in [3.05, 3.63) is 102 Å². The third-order valence-corrected chi connectivity index (χ3v) is 4.38. The average Bonchev–Trinajstić information content (AvgIpc) is 2.82. The largest absolute Gasteiger partial charge is 0.484 e. The summed E-state index contributed by atoms with van der Waals surface area (Å²) < 4.78 is 5.44. The van der Waals surface area contributed by atoms with Crippen LogP contribution in [0.4, 0.5) is 0 Å². The molecular weight excluding hydrogens is 394 g/mol. The quantitative estimate of drug-likeness (QED) is 0.490. The van der Waals surface area contributed by atoms with Crippen molar-refractivity contribution in [1.82, 2.24) is 16.2 Å². The second kappa shape index (κ2) is 11.2. The highest BCUT2D eigenvalue weighted by atomic mass is 16.5. The predicted octanol–water partition coefficient (Wildman–Crippen LogP) is 2.25. The molecule has 0 aliphatic rings. The summed E-state index contributed by atoms with van der Waals surface area (Å²) in [4.78, 5) is 37.3. The number of hydrogen-bond acceptors (Lipinski definition) is 4. The van der Waals surface area contributed by atoms with Crippen molar-refractivity contribution >= 4 is 17.7 Å². The van der Waals surface area contributed by atoms with E-state index in [9.17, 15) is 14.4 Å². The Hall–Kier alpha value is -4.13. The van der Waals surface area contributed by atoms with Gasteiger partial charge in [-0.15, -0.1) is 0 Å². The molecule has 3 aromatic carbocycles. The van der Waals surface area contributed by atoms with Gasteiger partial charge in [0.05, 0.1) is 0 Å². The molecule has 0 spiro atoms. The maximum absolute atomic E-state index is 12.7. The first-order valence-electron chi connectivity index (χ1n) is 9.78. The average molecular weight is 417 g/mol. The Morgan fingerprint density at radius 3 is 1.97 bits per heavy atom. The molecule has 3 aromatic rings. The zero-order valence-electron chi connectivity index (χ0n) is 16.8. The Bertz CT molecular complexity index is 995. The van der Waals surface area contributed by atoms with Crippen LogP contribution in [0.5, 0.6) is 5.75 Å². The second-order valence-electron chi connectivity index (χ2n) is 6.72. The first-order chi connectivity index (χ1) is 15.1. The van der Waals surface area contributed by atoms with Crippen LogP contribution in [-0.2, 0) is 16.0 Å². The second-order valence-corrected chi connectivity index (χ2v) is 6.72. The fourth-order valence-corrected chi connectivity index (χ4v) is 2.83. The van der Waals surface area contributed by atoms with E-state index in [1.165, 1.54) is 0 Å². The van der Waals surface area contributed by atoms with E-state index < -0.39 is 23.8 Å². The molecule has 3 amide bonds. The zero-order chi connectivity index (χ0) is 21.9. The van der Waals surface area contributed by atoms with Gasteiger partial charge in [0.2, 0.25) is 0 Å². The summed E-state index contributed by atoms with van der Waals surface area (Å²) in [5, 5.41) is 2.67. The van der Waals surface area contributed by atoms with E-state index in [0.717, 1.165) is 5.56 Å². The van der Waals surface area contributed by atoms with Gasteiger partial charge in [-0.3, -0.25) is 25.2 Å². The molecule has 0 radical (unpaired) electrons. The molecule has 158 valence electrons. The smallest absolute Gasteiger partial charge is 0.269 e. The summed E-state index contributed by atoms with van der Waals surface area (Å²) in [6.45, 7) is -0.237. The van der Waals surface area contributed by atoms with E-state index in [0.29, 0.717) is 11.3 Å². The SMILES string of the molecule is O=C(COc1ccccc1)NC(Cc1ccccc1)C(=O)NNC(=O)c1ccccc1. The van der Waals surface area contributed by atoms with Crippen LogP contribution in [0, 0.1) is 0 Å². The first kappa shape index (κ1) is 21.6. The molecule has 0 heterocycles. The van der Waals surface area contributed by atoms with Crippen LogP contribution < -0.4 is 20.9 Å². The Morgan fingerprint density at radius 2 is 1.32 bits per heavy atom. The number of nitrogens with one attached hydrogen (secondary N) is 3. The van der Waals surface area contributed by atoms with Crippen LogP contribution in [0.2, 0.25) is 0 Å². The van der Waals surface area contributed by atoms with Crippen molar-refractivity contribution in [2.24, 2.45) is 0 Å². The molecule has 7 heteroatoms. The lowest BCUT2D eigenvalue weighted by Crippen LogP contribution is -2.53. The molecule has 7 nitrogen and oxygen atoms in total. The Balaban J connectivity index is 1.60. The fourth-order valence-electron chi connectivity index (χ4n) is 2.83. The summed E-state index contributed by atoms with van der Waals surface area (Å²) in [7, 11) is 0. The number of rotatable bonds is 8. The minimum absolute atomic E-state index is 0.237. The van der Waals surface area contributed by atoms with E-state index in [4.69, 9.17) is 4.74 Å². The lowest BCUT2D eigenvalue weighted by molar-refractivity contribution is -0.130. The van der Waals surface area contributed by atoms with Gasteiger partial charge in [-0.2, -0.15) is 0 Å². The van der Waals surface area contributed by atoms with Crippen LogP contribution >= 0.6 is 0 Å². The lowest BCUT2D eigenvalue weighted by atomic mass is 10.1. The minimum atomic E-state index is -0.898. The van der Waals surface area contributed by atoms with Crippen molar-refractivity contribution in [1.29, 1.82) is 0 Å². The molecule has 0 aromatic heterocycles. The van der Waals surface area contributed by atoms with Gasteiger partial charge in [0, 0.05) is 12.0 Å². The van der Waals surface area contributed by atoms with Gasteiger partial charge in [0.1, 0.15) is 11.8 Å². The van der Waals surface area contributed by atoms with Gasteiger partial charge in [-0.05, 0) is 29.8 Å². The number of ether oxygens (including phenoxy) is 1. The van der Waals surface area contributed by atoms with E-state index in [2.05, 4.69) is 16.2 Å². The first-order valence-corrected chi connectivity index (χ1v) is 9.78. The molecule has 1 unspecified atom stereocenters. The Morgan fingerprint density at radius 1 is 0.742 bits per heavy atom. The molecule has 3 N–H and O–H groups in total. The number of para-hydroxylation sites is 1. The van der Waals surface area contributed by atoms with Gasteiger partial charge in [0.15, 0.2) is 6.61 Å². The summed E-state index contributed by atoms with van der Waals surface area (Å²) >= 11 is 0. The molecule has 0 saturated heterocycles. The highest BCUT2D eigenvalue weighted by Crippen LogP contribution is 2.08. The van der Waals surface area contributed by atoms with Crippen LogP contribution in [0.3, 0.4) is 0 Å². The van der Waals surface area contributed by atoms with Gasteiger partial charge >= 0.3 is 0 Å². The van der Waals surface area contributed by atoms with E-state index in [1.807, 2.05) is 36.4 Å². The maximum Gasteiger partial charge on any atom is 0.269 e. The van der Waals surface area contributed by atoms with Gasteiger partial charge in [0.25, 0.3) is 17.7 Å². The third-order valence-electron chi connectivity index (χ3n) is 4.38. The molecule has 31 heavy (non-hydrogen) atoms. The van der Waals surface area contributed by atoms with Crippen LogP contribution in [-0.4, -0.2) is 30.4 Å². The van der Waals surface area contributed by atoms with Crippen molar-refractivity contribution in [2.45, 2.75) is 12.5 Å². The summed E-state index contributed by atoms with van der Waals surface area (Å²) in [6.07, 6.45) is 0.255. The predicted molar refractivity (Wildman–Crippen MR) is 116 cm³/mol. The summed E-state index contributed by atoms with van der Waals surface area (Å²) in [5.41, 5.74) is 6.03. The standard InChI is InChI=1S/C24H23N3O4/c28-22(17-31-20-14-8-3-9-15-20)25-21(16-18-10-4-1-5-11-18)24(30)27-26-23(29)19-12-6-2-7-13-19/h1-15,21H,16-17H2,(H,25,28)(H,26,29)(H,27,30). The highest BCUT2D eigenvalue weighted by molar-refractivity contribution is 5.96. The van der Waals surface area contributed by atoms with Crippen LogP contribution in [0.15, 0.2) is 91.0 Å². The number of benzene rings is 3. The lowest BCUT2D eigenvalue weighted by Gasteiger charge is -2.19. The number of carbonyl (C=O) groups is 3. The Kier molecular flexibility index (Phi) is 7.77. The molecule has 0 aliphatic heterocycles. The van der Waals surface area contributed by atoms with Crippen LogP contribution in [0.1, 0.15) is 15.9 Å². The minimum Gasteiger partial charge on any atom is -0.484 e. The van der Waals surface area contributed by atoms with Gasteiger partial charge < -0.3 is 10.1 Å². The summed E-state index contributed by atoms with van der Waals surface area (Å²) in [5.74, 6) is -0.890. The zero-order valence-corrected chi connectivity index (χ0v) is 16.8. The highest BCUT2D eigenvalue weighted by Gasteiger charge is 2.22. The molecule has 0 aliphatic carbocycles. The number of amides is 3. The van der Waals surface area contributed by atoms with Crippen molar-refractivity contribution in [3.63, 3.8) is 0 Å². The molecular formula is C24H23N3O4. The van der Waals surface area contributed by atoms with Gasteiger partial charge in [-0.1, -0.05) is 66.7 Å². The maximum atomic E-state index is 12.7. The van der Waals surface area contributed by atoms with E-state index >= 15 is 0 Å².